The lowest BCUT2D eigenvalue weighted by molar-refractivity contribution is 0.000105. The first-order chi connectivity index (χ1) is 6.68. The molecule has 1 aromatic rings. The van der Waals surface area contributed by atoms with Crippen LogP contribution in [0, 0.1) is 0 Å². The smallest absolute Gasteiger partial charge is 0.0935 e. The van der Waals surface area contributed by atoms with E-state index in [1.165, 1.54) is 0 Å². The van der Waals surface area contributed by atoms with E-state index in [-0.39, 0.29) is 6.04 Å². The monoisotopic (exact) mass is 195 g/mol. The summed E-state index contributed by atoms with van der Waals surface area (Å²) < 4.78 is 4.99. The van der Waals surface area contributed by atoms with Gasteiger partial charge in [-0.3, -0.25) is 0 Å². The highest BCUT2D eigenvalue weighted by Gasteiger charge is 2.32. The van der Waals surface area contributed by atoms with E-state index in [1.807, 2.05) is 6.07 Å². The van der Waals surface area contributed by atoms with E-state index in [9.17, 15) is 5.11 Å². The van der Waals surface area contributed by atoms with Crippen molar-refractivity contribution in [2.45, 2.75) is 43.7 Å². The molecule has 1 aliphatic rings. The van der Waals surface area contributed by atoms with Crippen molar-refractivity contribution in [1.29, 1.82) is 0 Å². The zero-order valence-electron chi connectivity index (χ0n) is 8.28. The van der Waals surface area contributed by atoms with Crippen LogP contribution in [0.4, 0.5) is 0 Å². The molecule has 14 heavy (non-hydrogen) atoms. The highest BCUT2D eigenvalue weighted by Crippen LogP contribution is 2.30. The van der Waals surface area contributed by atoms with E-state index in [4.69, 9.17) is 10.2 Å². The molecule has 1 aliphatic carbocycles. The molecule has 0 aromatic carbocycles. The Bertz CT molecular complexity index is 273. The van der Waals surface area contributed by atoms with Crippen LogP contribution in [0.15, 0.2) is 23.0 Å². The van der Waals surface area contributed by atoms with Gasteiger partial charge in [0.15, 0.2) is 0 Å². The largest absolute Gasteiger partial charge is 0.472 e. The molecule has 0 unspecified atom stereocenters. The first kappa shape index (κ1) is 9.74. The van der Waals surface area contributed by atoms with Crippen LogP contribution in [0.5, 0.6) is 0 Å². The minimum atomic E-state index is -0.556. The normalized spacial score (nSPS) is 33.1. The maximum absolute atomic E-state index is 10.3. The van der Waals surface area contributed by atoms with Crippen molar-refractivity contribution in [3.05, 3.63) is 24.2 Å². The van der Waals surface area contributed by atoms with Crippen molar-refractivity contribution >= 4 is 0 Å². The van der Waals surface area contributed by atoms with E-state index in [0.29, 0.717) is 6.42 Å². The number of hydrogen-bond acceptors (Lipinski definition) is 3. The van der Waals surface area contributed by atoms with E-state index < -0.39 is 5.60 Å². The molecule has 2 rings (SSSR count). The van der Waals surface area contributed by atoms with E-state index >= 15 is 0 Å². The predicted octanol–water partition coefficient (Wildman–Crippen LogP) is 1.45. The lowest BCUT2D eigenvalue weighted by Gasteiger charge is -2.34. The number of hydrogen-bond donors (Lipinski definition) is 2. The molecule has 0 saturated heterocycles. The molecule has 3 N–H and O–H groups in total. The van der Waals surface area contributed by atoms with Crippen LogP contribution in [0.25, 0.3) is 0 Å². The van der Waals surface area contributed by atoms with Crippen LogP contribution in [0.2, 0.25) is 0 Å². The molecule has 78 valence electrons. The summed E-state index contributed by atoms with van der Waals surface area (Å²) in [4.78, 5) is 0. The summed E-state index contributed by atoms with van der Waals surface area (Å²) >= 11 is 0. The Morgan fingerprint density at radius 2 is 2.21 bits per heavy atom. The SMILES string of the molecule is NC1CCC(O)(Cc2ccoc2)CC1. The van der Waals surface area contributed by atoms with Crippen LogP contribution < -0.4 is 5.73 Å². The maximum atomic E-state index is 10.3. The van der Waals surface area contributed by atoms with Gasteiger partial charge in [0.2, 0.25) is 0 Å². The molecule has 3 heteroatoms. The van der Waals surface area contributed by atoms with Gasteiger partial charge in [-0.05, 0) is 37.3 Å². The van der Waals surface area contributed by atoms with Crippen LogP contribution in [0.3, 0.4) is 0 Å². The van der Waals surface area contributed by atoms with Gasteiger partial charge in [0.25, 0.3) is 0 Å². The van der Waals surface area contributed by atoms with Gasteiger partial charge in [0.1, 0.15) is 0 Å². The molecule has 1 heterocycles. The van der Waals surface area contributed by atoms with Crippen LogP contribution >= 0.6 is 0 Å². The molecule has 0 amide bonds. The van der Waals surface area contributed by atoms with Crippen molar-refractivity contribution in [2.24, 2.45) is 5.73 Å². The molecule has 0 atom stereocenters. The second-order valence-corrected chi connectivity index (χ2v) is 4.37. The number of nitrogens with two attached hydrogens (primary N) is 1. The Morgan fingerprint density at radius 1 is 1.50 bits per heavy atom. The third-order valence-corrected chi connectivity index (χ3v) is 3.07. The molecule has 3 nitrogen and oxygen atoms in total. The van der Waals surface area contributed by atoms with Crippen molar-refractivity contribution in [3.63, 3.8) is 0 Å². The summed E-state index contributed by atoms with van der Waals surface area (Å²) in [7, 11) is 0. The molecule has 1 fully saturated rings. The Hall–Kier alpha value is -0.800. The summed E-state index contributed by atoms with van der Waals surface area (Å²) in [5.41, 5.74) is 6.32. The summed E-state index contributed by atoms with van der Waals surface area (Å²) in [6, 6.07) is 2.19. The fourth-order valence-corrected chi connectivity index (χ4v) is 2.13. The minimum absolute atomic E-state index is 0.277. The summed E-state index contributed by atoms with van der Waals surface area (Å²) in [5, 5.41) is 10.3. The Kier molecular flexibility index (Phi) is 2.61. The van der Waals surface area contributed by atoms with Gasteiger partial charge in [-0.1, -0.05) is 0 Å². The molecule has 0 aliphatic heterocycles. The van der Waals surface area contributed by atoms with Crippen molar-refractivity contribution in [1.82, 2.24) is 0 Å². The Morgan fingerprint density at radius 3 is 2.79 bits per heavy atom. The van der Waals surface area contributed by atoms with Gasteiger partial charge in [-0.2, -0.15) is 0 Å². The fourth-order valence-electron chi connectivity index (χ4n) is 2.13. The predicted molar refractivity (Wildman–Crippen MR) is 53.8 cm³/mol. The minimum Gasteiger partial charge on any atom is -0.472 e. The Labute approximate surface area is 83.9 Å². The molecule has 0 bridgehead atoms. The highest BCUT2D eigenvalue weighted by molar-refractivity contribution is 5.10. The van der Waals surface area contributed by atoms with Gasteiger partial charge in [0.05, 0.1) is 18.1 Å². The first-order valence-corrected chi connectivity index (χ1v) is 5.17. The van der Waals surface area contributed by atoms with Gasteiger partial charge in [-0.25, -0.2) is 0 Å². The Balaban J connectivity index is 1.96. The molecule has 0 radical (unpaired) electrons. The summed E-state index contributed by atoms with van der Waals surface area (Å²) in [6.45, 7) is 0. The third-order valence-electron chi connectivity index (χ3n) is 3.07. The third kappa shape index (κ3) is 2.16. The maximum Gasteiger partial charge on any atom is 0.0935 e. The molecule has 0 spiro atoms. The topological polar surface area (TPSA) is 59.4 Å². The molecular weight excluding hydrogens is 178 g/mol. The van der Waals surface area contributed by atoms with Crippen LogP contribution in [-0.2, 0) is 6.42 Å². The number of furan rings is 1. The van der Waals surface area contributed by atoms with Gasteiger partial charge >= 0.3 is 0 Å². The van der Waals surface area contributed by atoms with Crippen molar-refractivity contribution in [2.75, 3.05) is 0 Å². The number of aliphatic hydroxyl groups is 1. The fraction of sp³-hybridized carbons (Fsp3) is 0.636. The number of rotatable bonds is 2. The van der Waals surface area contributed by atoms with Crippen LogP contribution in [0.1, 0.15) is 31.2 Å². The zero-order valence-corrected chi connectivity index (χ0v) is 8.28. The van der Waals surface area contributed by atoms with Crippen molar-refractivity contribution < 1.29 is 9.52 Å². The van der Waals surface area contributed by atoms with Gasteiger partial charge in [-0.15, -0.1) is 0 Å². The van der Waals surface area contributed by atoms with E-state index in [0.717, 1.165) is 31.2 Å². The second kappa shape index (κ2) is 3.75. The lowest BCUT2D eigenvalue weighted by Crippen LogP contribution is -2.40. The van der Waals surface area contributed by atoms with Crippen LogP contribution in [-0.4, -0.2) is 16.7 Å². The average molecular weight is 195 g/mol. The first-order valence-electron chi connectivity index (χ1n) is 5.17. The van der Waals surface area contributed by atoms with Gasteiger partial charge < -0.3 is 15.3 Å². The molecular formula is C11H17NO2. The highest BCUT2D eigenvalue weighted by atomic mass is 16.3. The van der Waals surface area contributed by atoms with E-state index in [1.54, 1.807) is 12.5 Å². The van der Waals surface area contributed by atoms with Gasteiger partial charge in [0, 0.05) is 12.5 Å². The standard InChI is InChI=1S/C11H17NO2/c12-10-1-4-11(13,5-2-10)7-9-3-6-14-8-9/h3,6,8,10,13H,1-2,4-5,7,12H2. The van der Waals surface area contributed by atoms with Crippen molar-refractivity contribution in [3.8, 4) is 0 Å². The summed E-state index contributed by atoms with van der Waals surface area (Å²) in [6.07, 6.45) is 7.50. The average Bonchev–Trinajstić information content (AvgIpc) is 2.63. The summed E-state index contributed by atoms with van der Waals surface area (Å²) in [5.74, 6) is 0. The molecule has 1 saturated carbocycles. The molecule has 1 aromatic heterocycles. The zero-order chi connectivity index (χ0) is 10.0. The second-order valence-electron chi connectivity index (χ2n) is 4.37. The lowest BCUT2D eigenvalue weighted by atomic mass is 9.79. The quantitative estimate of drug-likeness (QED) is 0.751. The van der Waals surface area contributed by atoms with E-state index in [2.05, 4.69) is 0 Å².